The molecule has 0 aliphatic carbocycles. The van der Waals surface area contributed by atoms with E-state index in [0.29, 0.717) is 12.1 Å². The van der Waals surface area contributed by atoms with Crippen LogP contribution in [-0.4, -0.2) is 25.3 Å². The van der Waals surface area contributed by atoms with E-state index in [4.69, 9.17) is 4.74 Å². The van der Waals surface area contributed by atoms with Crippen molar-refractivity contribution in [3.63, 3.8) is 0 Å². The molecule has 2 atom stereocenters. The molecular formula is C14H21NO. The number of nitrogens with one attached hydrogen (secondary N) is 1. The van der Waals surface area contributed by atoms with Crippen molar-refractivity contribution in [2.75, 3.05) is 13.2 Å². The van der Waals surface area contributed by atoms with Gasteiger partial charge < -0.3 is 10.1 Å². The van der Waals surface area contributed by atoms with E-state index in [1.54, 1.807) is 0 Å². The molecule has 1 aromatic rings. The van der Waals surface area contributed by atoms with Gasteiger partial charge in [0.15, 0.2) is 0 Å². The minimum Gasteiger partial charge on any atom is -0.375 e. The Hall–Kier alpha value is -0.860. The Bertz CT molecular complexity index is 312. The van der Waals surface area contributed by atoms with Gasteiger partial charge in [0.25, 0.3) is 0 Å². The van der Waals surface area contributed by atoms with E-state index < -0.39 is 0 Å². The van der Waals surface area contributed by atoms with Crippen molar-refractivity contribution >= 4 is 0 Å². The van der Waals surface area contributed by atoms with Crippen molar-refractivity contribution in [1.82, 2.24) is 5.32 Å². The summed E-state index contributed by atoms with van der Waals surface area (Å²) < 4.78 is 5.79. The highest BCUT2D eigenvalue weighted by Crippen LogP contribution is 2.11. The molecule has 2 nitrogen and oxygen atoms in total. The van der Waals surface area contributed by atoms with E-state index >= 15 is 0 Å². The van der Waals surface area contributed by atoms with Crippen LogP contribution in [0.25, 0.3) is 0 Å². The van der Waals surface area contributed by atoms with E-state index in [1.165, 1.54) is 11.1 Å². The number of aryl methyl sites for hydroxylation is 1. The summed E-state index contributed by atoms with van der Waals surface area (Å²) >= 11 is 0. The summed E-state index contributed by atoms with van der Waals surface area (Å²) in [5.74, 6) is 0. The van der Waals surface area contributed by atoms with Crippen molar-refractivity contribution in [1.29, 1.82) is 0 Å². The van der Waals surface area contributed by atoms with Gasteiger partial charge in [-0.05, 0) is 30.9 Å². The number of benzene rings is 1. The van der Waals surface area contributed by atoms with Gasteiger partial charge in [-0.3, -0.25) is 0 Å². The average molecular weight is 219 g/mol. The first-order chi connectivity index (χ1) is 7.78. The van der Waals surface area contributed by atoms with Crippen LogP contribution < -0.4 is 5.32 Å². The SMILES string of the molecule is CCc1ccc(CC2CNC(C)CO2)cc1. The van der Waals surface area contributed by atoms with Crippen LogP contribution in [0.3, 0.4) is 0 Å². The molecule has 0 saturated carbocycles. The molecule has 0 amide bonds. The molecule has 2 heteroatoms. The third-order valence-electron chi connectivity index (χ3n) is 3.17. The van der Waals surface area contributed by atoms with E-state index in [0.717, 1.165) is 26.0 Å². The van der Waals surface area contributed by atoms with Gasteiger partial charge in [0.05, 0.1) is 12.7 Å². The molecule has 1 aromatic carbocycles. The molecule has 16 heavy (non-hydrogen) atoms. The fourth-order valence-corrected chi connectivity index (χ4v) is 2.04. The van der Waals surface area contributed by atoms with Crippen molar-refractivity contribution in [2.24, 2.45) is 0 Å². The second-order valence-corrected chi connectivity index (χ2v) is 4.64. The van der Waals surface area contributed by atoms with Gasteiger partial charge >= 0.3 is 0 Å². The van der Waals surface area contributed by atoms with Gasteiger partial charge in [-0.25, -0.2) is 0 Å². The summed E-state index contributed by atoms with van der Waals surface area (Å²) in [6.07, 6.45) is 2.46. The Labute approximate surface area is 98.0 Å². The van der Waals surface area contributed by atoms with Crippen molar-refractivity contribution in [3.05, 3.63) is 35.4 Å². The van der Waals surface area contributed by atoms with Gasteiger partial charge in [-0.1, -0.05) is 31.2 Å². The third-order valence-corrected chi connectivity index (χ3v) is 3.17. The average Bonchev–Trinajstić information content (AvgIpc) is 2.33. The van der Waals surface area contributed by atoms with Crippen molar-refractivity contribution in [3.8, 4) is 0 Å². The Morgan fingerprint density at radius 1 is 1.25 bits per heavy atom. The maximum Gasteiger partial charge on any atom is 0.0740 e. The first-order valence-corrected chi connectivity index (χ1v) is 6.20. The molecule has 1 heterocycles. The second kappa shape index (κ2) is 5.46. The van der Waals surface area contributed by atoms with Crippen LogP contribution in [0.2, 0.25) is 0 Å². The summed E-state index contributed by atoms with van der Waals surface area (Å²) in [6.45, 7) is 6.14. The zero-order valence-corrected chi connectivity index (χ0v) is 10.2. The zero-order valence-electron chi connectivity index (χ0n) is 10.2. The van der Waals surface area contributed by atoms with Crippen LogP contribution >= 0.6 is 0 Å². The summed E-state index contributed by atoms with van der Waals surface area (Å²) in [5.41, 5.74) is 2.78. The molecule has 1 aliphatic heterocycles. The topological polar surface area (TPSA) is 21.3 Å². The maximum absolute atomic E-state index is 5.79. The van der Waals surface area contributed by atoms with Crippen molar-refractivity contribution < 1.29 is 4.74 Å². The van der Waals surface area contributed by atoms with Gasteiger partial charge in [-0.2, -0.15) is 0 Å². The molecule has 0 bridgehead atoms. The Morgan fingerprint density at radius 3 is 2.50 bits per heavy atom. The van der Waals surface area contributed by atoms with E-state index in [2.05, 4.69) is 43.4 Å². The van der Waals surface area contributed by atoms with Gasteiger partial charge in [0.2, 0.25) is 0 Å². The minimum atomic E-state index is 0.337. The molecule has 0 spiro atoms. The summed E-state index contributed by atoms with van der Waals surface area (Å²) in [7, 11) is 0. The number of rotatable bonds is 3. The highest BCUT2D eigenvalue weighted by Gasteiger charge is 2.17. The predicted molar refractivity (Wildman–Crippen MR) is 66.7 cm³/mol. The number of hydrogen-bond donors (Lipinski definition) is 1. The summed E-state index contributed by atoms with van der Waals surface area (Å²) in [5, 5.41) is 3.45. The monoisotopic (exact) mass is 219 g/mol. The quantitative estimate of drug-likeness (QED) is 0.841. The number of hydrogen-bond acceptors (Lipinski definition) is 2. The lowest BCUT2D eigenvalue weighted by molar-refractivity contribution is 0.00881. The number of morpholine rings is 1. The molecule has 0 radical (unpaired) electrons. The lowest BCUT2D eigenvalue weighted by Gasteiger charge is -2.28. The Morgan fingerprint density at radius 2 is 1.94 bits per heavy atom. The lowest BCUT2D eigenvalue weighted by atomic mass is 10.0. The van der Waals surface area contributed by atoms with Crippen LogP contribution in [0.4, 0.5) is 0 Å². The molecule has 1 saturated heterocycles. The predicted octanol–water partition coefficient (Wildman–Crippen LogP) is 2.17. The van der Waals surface area contributed by atoms with E-state index in [1.807, 2.05) is 0 Å². The second-order valence-electron chi connectivity index (χ2n) is 4.64. The molecule has 1 N–H and O–H groups in total. The fraction of sp³-hybridized carbons (Fsp3) is 0.571. The fourth-order valence-electron chi connectivity index (χ4n) is 2.04. The molecule has 1 aliphatic rings. The molecule has 88 valence electrons. The van der Waals surface area contributed by atoms with Gasteiger partial charge in [-0.15, -0.1) is 0 Å². The summed E-state index contributed by atoms with van der Waals surface area (Å²) in [4.78, 5) is 0. The van der Waals surface area contributed by atoms with Crippen molar-refractivity contribution in [2.45, 2.75) is 38.8 Å². The molecule has 0 aromatic heterocycles. The van der Waals surface area contributed by atoms with Crippen LogP contribution in [0.1, 0.15) is 25.0 Å². The Balaban J connectivity index is 1.88. The molecule has 2 unspecified atom stereocenters. The first kappa shape index (κ1) is 11.6. The van der Waals surface area contributed by atoms with Gasteiger partial charge in [0, 0.05) is 12.6 Å². The molecule has 2 rings (SSSR count). The van der Waals surface area contributed by atoms with E-state index in [9.17, 15) is 0 Å². The molecular weight excluding hydrogens is 198 g/mol. The smallest absolute Gasteiger partial charge is 0.0740 e. The van der Waals surface area contributed by atoms with Crippen LogP contribution in [0.5, 0.6) is 0 Å². The zero-order chi connectivity index (χ0) is 11.4. The van der Waals surface area contributed by atoms with Gasteiger partial charge in [0.1, 0.15) is 0 Å². The minimum absolute atomic E-state index is 0.337. The maximum atomic E-state index is 5.79. The van der Waals surface area contributed by atoms with E-state index in [-0.39, 0.29) is 0 Å². The van der Waals surface area contributed by atoms with Crippen LogP contribution in [0, 0.1) is 0 Å². The summed E-state index contributed by atoms with van der Waals surface area (Å²) in [6, 6.07) is 9.38. The first-order valence-electron chi connectivity index (χ1n) is 6.20. The number of ether oxygens (including phenoxy) is 1. The normalized spacial score (nSPS) is 25.6. The highest BCUT2D eigenvalue weighted by atomic mass is 16.5. The highest BCUT2D eigenvalue weighted by molar-refractivity contribution is 5.23. The van der Waals surface area contributed by atoms with Crippen LogP contribution in [0.15, 0.2) is 24.3 Å². The van der Waals surface area contributed by atoms with Crippen LogP contribution in [-0.2, 0) is 17.6 Å². The third kappa shape index (κ3) is 3.06. The molecule has 1 fully saturated rings. The Kier molecular flexibility index (Phi) is 3.97. The lowest BCUT2D eigenvalue weighted by Crippen LogP contribution is -2.45. The largest absolute Gasteiger partial charge is 0.375 e. The standard InChI is InChI=1S/C14H21NO/c1-3-12-4-6-13(7-5-12)8-14-9-15-11(2)10-16-14/h4-7,11,14-15H,3,8-10H2,1-2H3.